The number of benzene rings is 2. The first-order chi connectivity index (χ1) is 16.7. The van der Waals surface area contributed by atoms with Gasteiger partial charge in [-0.3, -0.25) is 19.2 Å². The third-order valence-electron chi connectivity index (χ3n) is 5.62. The Labute approximate surface area is 210 Å². The first-order valence-electron chi connectivity index (χ1n) is 10.3. The number of carbonyl (C=O) groups excluding carboxylic acids is 1. The second kappa shape index (κ2) is 9.43. The number of carbonyl (C=O) groups is 2. The van der Waals surface area contributed by atoms with Crippen molar-refractivity contribution in [3.63, 3.8) is 0 Å². The van der Waals surface area contributed by atoms with Crippen molar-refractivity contribution in [3.05, 3.63) is 74.5 Å². The second-order valence-corrected chi connectivity index (χ2v) is 9.17. The second-order valence-electron chi connectivity index (χ2n) is 7.50. The molecule has 1 N–H and O–H groups in total. The van der Waals surface area contributed by atoms with Crippen LogP contribution < -0.4 is 19.9 Å². The van der Waals surface area contributed by atoms with Crippen molar-refractivity contribution in [2.45, 2.75) is 6.92 Å². The van der Waals surface area contributed by atoms with E-state index >= 15 is 0 Å². The first kappa shape index (κ1) is 24.3. The van der Waals surface area contributed by atoms with Gasteiger partial charge >= 0.3 is 5.97 Å². The Morgan fingerprint density at radius 3 is 2.37 bits per heavy atom. The lowest BCUT2D eigenvalue weighted by molar-refractivity contribution is -0.113. The van der Waals surface area contributed by atoms with Gasteiger partial charge in [0.05, 0.1) is 30.5 Å². The van der Waals surface area contributed by atoms with Crippen LogP contribution in [0.25, 0.3) is 11.8 Å². The zero-order chi connectivity index (χ0) is 25.4. The summed E-state index contributed by atoms with van der Waals surface area (Å²) >= 11 is 6.45. The molecular weight excluding hydrogens is 490 g/mol. The lowest BCUT2D eigenvalue weighted by atomic mass is 10.0. The molecule has 9 nitrogen and oxygen atoms in total. The summed E-state index contributed by atoms with van der Waals surface area (Å²) in [5.41, 5.74) is 1.03. The number of methoxy groups -OCH3 is 2. The van der Waals surface area contributed by atoms with Gasteiger partial charge in [-0.2, -0.15) is 0 Å². The number of aromatic nitrogens is 2. The molecule has 0 spiro atoms. The number of hydrogen-bond acceptors (Lipinski definition) is 7. The van der Waals surface area contributed by atoms with Crippen LogP contribution >= 0.6 is 24.0 Å². The molecule has 0 aliphatic carbocycles. The number of hydrogen-bond donors (Lipinski definition) is 1. The average molecular weight is 512 g/mol. The maximum atomic E-state index is 13.4. The Morgan fingerprint density at radius 1 is 1.09 bits per heavy atom. The van der Waals surface area contributed by atoms with E-state index in [-0.39, 0.29) is 37.5 Å². The largest absolute Gasteiger partial charge is 0.493 e. The fourth-order valence-corrected chi connectivity index (χ4v) is 5.16. The average Bonchev–Trinajstić information content (AvgIpc) is 3.23. The van der Waals surface area contributed by atoms with Crippen molar-refractivity contribution >= 4 is 51.9 Å². The monoisotopic (exact) mass is 511 g/mol. The molecule has 1 saturated heterocycles. The lowest BCUT2D eigenvalue weighted by Gasteiger charge is -2.13. The summed E-state index contributed by atoms with van der Waals surface area (Å²) in [7, 11) is 4.46. The Bertz CT molecular complexity index is 1460. The summed E-state index contributed by atoms with van der Waals surface area (Å²) in [6, 6.07) is 12.1. The van der Waals surface area contributed by atoms with Crippen molar-refractivity contribution in [3.8, 4) is 17.2 Å². The van der Waals surface area contributed by atoms with Crippen LogP contribution in [0.15, 0.2) is 52.2 Å². The van der Waals surface area contributed by atoms with Gasteiger partial charge in [-0.1, -0.05) is 48.2 Å². The van der Waals surface area contributed by atoms with Crippen LogP contribution in [0.5, 0.6) is 11.5 Å². The predicted molar refractivity (Wildman–Crippen MR) is 138 cm³/mol. The van der Waals surface area contributed by atoms with Gasteiger partial charge in [-0.25, -0.2) is 9.48 Å². The number of para-hydroxylation sites is 1. The minimum absolute atomic E-state index is 0.0360. The van der Waals surface area contributed by atoms with Crippen molar-refractivity contribution in [2.75, 3.05) is 19.1 Å². The SMILES string of the molecule is COc1ccc(/C=C2\SC(=S)N(c3c(C)n(C)n(-c4ccccc4)c3=O)C2=O)c(C(=O)O)c1OC. The quantitative estimate of drug-likeness (QED) is 0.396. The molecule has 0 radical (unpaired) electrons. The molecule has 2 aromatic carbocycles. The van der Waals surface area contributed by atoms with Crippen LogP contribution in [0.1, 0.15) is 21.6 Å². The molecule has 2 heterocycles. The van der Waals surface area contributed by atoms with Gasteiger partial charge in [0, 0.05) is 7.05 Å². The maximum absolute atomic E-state index is 13.4. The molecule has 180 valence electrons. The van der Waals surface area contributed by atoms with E-state index in [0.717, 1.165) is 11.8 Å². The highest BCUT2D eigenvalue weighted by Gasteiger charge is 2.38. The van der Waals surface area contributed by atoms with Gasteiger partial charge in [-0.15, -0.1) is 0 Å². The molecule has 0 saturated carbocycles. The number of rotatable bonds is 6. The zero-order valence-electron chi connectivity index (χ0n) is 19.3. The Morgan fingerprint density at radius 2 is 1.77 bits per heavy atom. The fourth-order valence-electron chi connectivity index (χ4n) is 3.90. The van der Waals surface area contributed by atoms with Gasteiger partial charge in [0.2, 0.25) is 0 Å². The van der Waals surface area contributed by atoms with Gasteiger partial charge in [0.25, 0.3) is 11.5 Å². The topological polar surface area (TPSA) is 103 Å². The summed E-state index contributed by atoms with van der Waals surface area (Å²) < 4.78 is 13.7. The lowest BCUT2D eigenvalue weighted by Crippen LogP contribution is -2.33. The molecule has 4 rings (SSSR count). The molecule has 1 fully saturated rings. The highest BCUT2D eigenvalue weighted by atomic mass is 32.2. The molecule has 0 unspecified atom stereocenters. The number of thioether (sulfide) groups is 1. The van der Waals surface area contributed by atoms with Crippen molar-refractivity contribution in [1.82, 2.24) is 9.36 Å². The van der Waals surface area contributed by atoms with Crippen LogP contribution in [-0.4, -0.2) is 44.9 Å². The molecule has 1 aromatic heterocycles. The normalized spacial score (nSPS) is 14.6. The number of carboxylic acid groups (broad SMARTS) is 1. The zero-order valence-corrected chi connectivity index (χ0v) is 20.9. The summed E-state index contributed by atoms with van der Waals surface area (Å²) in [6.07, 6.45) is 1.43. The molecule has 3 aromatic rings. The fraction of sp³-hybridized carbons (Fsp3) is 0.167. The van der Waals surface area contributed by atoms with Crippen LogP contribution in [-0.2, 0) is 11.8 Å². The van der Waals surface area contributed by atoms with Crippen LogP contribution in [0.2, 0.25) is 0 Å². The molecular formula is C24H21N3O6S2. The number of amides is 1. The Hall–Kier alpha value is -3.83. The first-order valence-corrected chi connectivity index (χ1v) is 11.5. The van der Waals surface area contributed by atoms with E-state index in [4.69, 9.17) is 21.7 Å². The smallest absolute Gasteiger partial charge is 0.340 e. The summed E-state index contributed by atoms with van der Waals surface area (Å²) in [4.78, 5) is 40.2. The molecule has 0 atom stereocenters. The molecule has 1 amide bonds. The van der Waals surface area contributed by atoms with Gasteiger partial charge in [0.15, 0.2) is 15.8 Å². The van der Waals surface area contributed by atoms with E-state index < -0.39 is 17.4 Å². The number of carboxylic acids is 1. The summed E-state index contributed by atoms with van der Waals surface area (Å²) in [6.45, 7) is 1.73. The summed E-state index contributed by atoms with van der Waals surface area (Å²) in [5.74, 6) is -1.48. The third-order valence-corrected chi connectivity index (χ3v) is 6.92. The van der Waals surface area contributed by atoms with Gasteiger partial charge in [0.1, 0.15) is 11.3 Å². The van der Waals surface area contributed by atoms with Gasteiger partial charge in [-0.05, 0) is 36.8 Å². The number of aromatic carboxylic acids is 1. The van der Waals surface area contributed by atoms with E-state index in [1.54, 1.807) is 36.9 Å². The van der Waals surface area contributed by atoms with Crippen LogP contribution in [0.4, 0.5) is 5.69 Å². The van der Waals surface area contributed by atoms with Crippen molar-refractivity contribution in [2.24, 2.45) is 7.05 Å². The molecule has 1 aliphatic heterocycles. The number of ether oxygens (including phenoxy) is 2. The molecule has 11 heteroatoms. The van der Waals surface area contributed by atoms with E-state index in [2.05, 4.69) is 0 Å². The van der Waals surface area contributed by atoms with Crippen LogP contribution in [0.3, 0.4) is 0 Å². The number of anilines is 1. The van der Waals surface area contributed by atoms with E-state index in [0.29, 0.717) is 11.4 Å². The van der Waals surface area contributed by atoms with E-state index in [1.165, 1.54) is 35.9 Å². The highest BCUT2D eigenvalue weighted by Crippen LogP contribution is 2.39. The molecule has 1 aliphatic rings. The predicted octanol–water partition coefficient (Wildman–Crippen LogP) is 3.61. The minimum atomic E-state index is -1.24. The van der Waals surface area contributed by atoms with Crippen LogP contribution in [0, 0.1) is 6.92 Å². The number of nitrogens with zero attached hydrogens (tertiary/aromatic N) is 3. The standard InChI is InChI=1S/C24H21N3O6S2/c1-13-19(22(29)27(25(13)2)15-8-6-5-7-9-15)26-21(28)17(35-24(26)34)12-14-10-11-16(32-3)20(33-4)18(14)23(30)31/h5-12H,1-4H3,(H,30,31)/b17-12-. The van der Waals surface area contributed by atoms with E-state index in [1.807, 2.05) is 18.2 Å². The van der Waals surface area contributed by atoms with Gasteiger partial charge < -0.3 is 14.6 Å². The number of thiocarbonyl (C=S) groups is 1. The van der Waals surface area contributed by atoms with E-state index in [9.17, 15) is 19.5 Å². The Kier molecular flexibility index (Phi) is 6.55. The van der Waals surface area contributed by atoms with Crippen molar-refractivity contribution in [1.29, 1.82) is 0 Å². The van der Waals surface area contributed by atoms with Crippen molar-refractivity contribution < 1.29 is 24.2 Å². The maximum Gasteiger partial charge on any atom is 0.340 e. The minimum Gasteiger partial charge on any atom is -0.493 e. The third kappa shape index (κ3) is 4.02. The molecule has 0 bridgehead atoms. The Balaban J connectivity index is 1.82. The molecule has 35 heavy (non-hydrogen) atoms. The highest BCUT2D eigenvalue weighted by molar-refractivity contribution is 8.27. The summed E-state index contributed by atoms with van der Waals surface area (Å²) in [5, 5.41) is 9.79.